The molecule has 2 rings (SSSR count). The van der Waals surface area contributed by atoms with Gasteiger partial charge in [0.15, 0.2) is 5.11 Å². The monoisotopic (exact) mass is 296 g/mol. The van der Waals surface area contributed by atoms with Gasteiger partial charge in [0, 0.05) is 23.0 Å². The fourth-order valence-electron chi connectivity index (χ4n) is 1.83. The lowest BCUT2D eigenvalue weighted by Gasteiger charge is -2.09. The van der Waals surface area contributed by atoms with Crippen molar-refractivity contribution in [2.45, 2.75) is 0 Å². The van der Waals surface area contributed by atoms with E-state index in [1.165, 1.54) is 0 Å². The second-order valence-electron chi connectivity index (χ2n) is 4.15. The third-order valence-electron chi connectivity index (χ3n) is 2.76. The van der Waals surface area contributed by atoms with Gasteiger partial charge in [0.1, 0.15) is 11.9 Å². The first-order valence-electron chi connectivity index (χ1n) is 5.92. The Morgan fingerprint density at radius 1 is 1.29 bits per heavy atom. The second kappa shape index (κ2) is 5.98. The number of amidine groups is 1. The molecule has 0 saturated heterocycles. The largest absolute Gasteiger partial charge is 0.398 e. The van der Waals surface area contributed by atoms with E-state index in [2.05, 4.69) is 16.0 Å². The molecule has 1 aromatic carbocycles. The lowest BCUT2D eigenvalue weighted by molar-refractivity contribution is 1.30. The topological polar surface area (TPSA) is 127 Å². The number of nitrogens with two attached hydrogens (primary N) is 3. The van der Waals surface area contributed by atoms with Crippen LogP contribution in [0.2, 0.25) is 0 Å². The van der Waals surface area contributed by atoms with E-state index in [4.69, 9.17) is 34.7 Å². The fourth-order valence-corrected chi connectivity index (χ4v) is 1.93. The molecule has 1 heterocycles. The average molecular weight is 296 g/mol. The Balaban J connectivity index is 2.59. The van der Waals surface area contributed by atoms with Crippen LogP contribution in [0, 0.1) is 11.3 Å². The highest BCUT2D eigenvalue weighted by molar-refractivity contribution is 7.80. The van der Waals surface area contributed by atoms with Crippen molar-refractivity contribution in [1.82, 2.24) is 4.98 Å². The van der Waals surface area contributed by atoms with Gasteiger partial charge in [-0.2, -0.15) is 5.26 Å². The molecule has 0 bridgehead atoms. The van der Waals surface area contributed by atoms with Gasteiger partial charge in [0.05, 0.1) is 11.3 Å². The van der Waals surface area contributed by atoms with E-state index in [1.54, 1.807) is 36.5 Å². The molecule has 21 heavy (non-hydrogen) atoms. The smallest absolute Gasteiger partial charge is 0.192 e. The van der Waals surface area contributed by atoms with Gasteiger partial charge < -0.3 is 17.2 Å². The van der Waals surface area contributed by atoms with E-state index in [0.717, 1.165) is 0 Å². The van der Waals surface area contributed by atoms with Crippen LogP contribution in [0.3, 0.4) is 0 Å². The number of rotatable bonds is 2. The summed E-state index contributed by atoms with van der Waals surface area (Å²) in [6.07, 6.45) is 1.61. The van der Waals surface area contributed by atoms with Crippen molar-refractivity contribution in [3.63, 3.8) is 0 Å². The van der Waals surface area contributed by atoms with E-state index < -0.39 is 0 Å². The standard InChI is InChI=1S/C14H12N6S/c15-7-9-2-1-5-19-12(9)8-3-4-11(16)10(6-8)13(17)20-14(18)21/h1-6H,16H2,(H4,17,18,20,21). The molecule has 0 amide bonds. The molecule has 0 aliphatic rings. The van der Waals surface area contributed by atoms with Crippen LogP contribution in [0.1, 0.15) is 11.1 Å². The van der Waals surface area contributed by atoms with Crippen LogP contribution >= 0.6 is 12.2 Å². The molecule has 6 nitrogen and oxygen atoms in total. The summed E-state index contributed by atoms with van der Waals surface area (Å²) in [5, 5.41) is 9.06. The highest BCUT2D eigenvalue weighted by atomic mass is 32.1. The highest BCUT2D eigenvalue weighted by Crippen LogP contribution is 2.24. The van der Waals surface area contributed by atoms with E-state index >= 15 is 0 Å². The molecule has 0 aliphatic heterocycles. The minimum absolute atomic E-state index is 0.0761. The number of thiocarbonyl (C=S) groups is 1. The third-order valence-corrected chi connectivity index (χ3v) is 2.85. The van der Waals surface area contributed by atoms with E-state index in [9.17, 15) is 0 Å². The third kappa shape index (κ3) is 3.13. The number of benzene rings is 1. The Labute approximate surface area is 126 Å². The maximum absolute atomic E-state index is 9.14. The van der Waals surface area contributed by atoms with Crippen LogP contribution in [-0.2, 0) is 0 Å². The van der Waals surface area contributed by atoms with Crippen molar-refractivity contribution in [3.05, 3.63) is 47.7 Å². The molecule has 2 aromatic rings. The molecule has 0 saturated carbocycles. The normalized spacial score (nSPS) is 10.9. The van der Waals surface area contributed by atoms with Crippen molar-refractivity contribution < 1.29 is 0 Å². The van der Waals surface area contributed by atoms with Crippen LogP contribution in [0.25, 0.3) is 11.3 Å². The molecule has 0 unspecified atom stereocenters. The van der Waals surface area contributed by atoms with Gasteiger partial charge >= 0.3 is 0 Å². The first-order chi connectivity index (χ1) is 10.0. The molecule has 104 valence electrons. The summed E-state index contributed by atoms with van der Waals surface area (Å²) in [5.74, 6) is 0.122. The van der Waals surface area contributed by atoms with Gasteiger partial charge in [0.25, 0.3) is 0 Å². The SMILES string of the molecule is N#Cc1cccnc1-c1ccc(N)c(/C(N)=N/C(N)=S)c1. The van der Waals surface area contributed by atoms with Gasteiger partial charge in [-0.1, -0.05) is 6.07 Å². The summed E-state index contributed by atoms with van der Waals surface area (Å²) in [4.78, 5) is 8.04. The van der Waals surface area contributed by atoms with Crippen LogP contribution in [0.4, 0.5) is 5.69 Å². The number of nitrogen functional groups attached to an aromatic ring is 1. The molecule has 7 heteroatoms. The number of aromatic nitrogens is 1. The van der Waals surface area contributed by atoms with Gasteiger partial charge in [-0.05, 0) is 36.5 Å². The molecule has 1 aromatic heterocycles. The fraction of sp³-hybridized carbons (Fsp3) is 0. The quantitative estimate of drug-likeness (QED) is 0.330. The summed E-state index contributed by atoms with van der Waals surface area (Å²) in [6, 6.07) is 10.6. The van der Waals surface area contributed by atoms with E-state index in [-0.39, 0.29) is 10.9 Å². The predicted molar refractivity (Wildman–Crippen MR) is 86.3 cm³/mol. The minimum Gasteiger partial charge on any atom is -0.398 e. The maximum atomic E-state index is 9.14. The van der Waals surface area contributed by atoms with Crippen LogP contribution in [0.5, 0.6) is 0 Å². The van der Waals surface area contributed by atoms with Gasteiger partial charge in [-0.15, -0.1) is 0 Å². The van der Waals surface area contributed by atoms with Crippen molar-refractivity contribution in [2.24, 2.45) is 16.5 Å². The molecule has 0 fully saturated rings. The molecule has 0 aliphatic carbocycles. The van der Waals surface area contributed by atoms with E-state index in [1.807, 2.05) is 0 Å². The molecule has 0 spiro atoms. The average Bonchev–Trinajstić information content (AvgIpc) is 2.47. The Bertz CT molecular complexity index is 775. The number of hydrogen-bond donors (Lipinski definition) is 3. The summed E-state index contributed by atoms with van der Waals surface area (Å²) >= 11 is 4.69. The molecular formula is C14H12N6S. The molecule has 0 radical (unpaired) electrons. The van der Waals surface area contributed by atoms with Crippen molar-refractivity contribution >= 4 is 28.9 Å². The predicted octanol–water partition coefficient (Wildman–Crippen LogP) is 1.15. The highest BCUT2D eigenvalue weighted by Gasteiger charge is 2.10. The van der Waals surface area contributed by atoms with Crippen LogP contribution in [-0.4, -0.2) is 15.9 Å². The Hall–Kier alpha value is -2.98. The van der Waals surface area contributed by atoms with Crippen LogP contribution < -0.4 is 17.2 Å². The zero-order valence-corrected chi connectivity index (χ0v) is 11.8. The first kappa shape index (κ1) is 14.4. The van der Waals surface area contributed by atoms with Crippen LogP contribution in [0.15, 0.2) is 41.5 Å². The molecule has 0 atom stereocenters. The number of anilines is 1. The lowest BCUT2D eigenvalue weighted by Crippen LogP contribution is -2.19. The molecular weight excluding hydrogens is 284 g/mol. The summed E-state index contributed by atoms with van der Waals surface area (Å²) in [7, 11) is 0. The van der Waals surface area contributed by atoms with Crippen molar-refractivity contribution in [2.75, 3.05) is 5.73 Å². The Kier molecular flexibility index (Phi) is 4.11. The van der Waals surface area contributed by atoms with E-state index in [0.29, 0.717) is 28.1 Å². The Morgan fingerprint density at radius 2 is 2.05 bits per heavy atom. The summed E-state index contributed by atoms with van der Waals surface area (Å²) < 4.78 is 0. The number of pyridine rings is 1. The lowest BCUT2D eigenvalue weighted by atomic mass is 10.0. The summed E-state index contributed by atoms with van der Waals surface area (Å²) in [6.45, 7) is 0. The van der Waals surface area contributed by atoms with Crippen molar-refractivity contribution in [1.29, 1.82) is 5.26 Å². The Morgan fingerprint density at radius 3 is 2.71 bits per heavy atom. The number of nitriles is 1. The summed E-state index contributed by atoms with van der Waals surface area (Å²) in [5.41, 5.74) is 19.7. The van der Waals surface area contributed by atoms with Gasteiger partial charge in [0.2, 0.25) is 0 Å². The number of nitrogens with zero attached hydrogens (tertiary/aromatic N) is 3. The number of hydrogen-bond acceptors (Lipinski definition) is 4. The second-order valence-corrected chi connectivity index (χ2v) is 4.57. The van der Waals surface area contributed by atoms with Gasteiger partial charge in [-0.25, -0.2) is 4.99 Å². The first-order valence-corrected chi connectivity index (χ1v) is 6.32. The maximum Gasteiger partial charge on any atom is 0.192 e. The van der Waals surface area contributed by atoms with Crippen molar-refractivity contribution in [3.8, 4) is 17.3 Å². The number of aliphatic imine (C=N–C) groups is 1. The zero-order chi connectivity index (χ0) is 15.4. The minimum atomic E-state index is -0.0761. The van der Waals surface area contributed by atoms with Gasteiger partial charge in [-0.3, -0.25) is 4.98 Å². The molecule has 6 N–H and O–H groups in total. The zero-order valence-electron chi connectivity index (χ0n) is 10.9.